The second-order valence-corrected chi connectivity index (χ2v) is 4.75. The molecule has 1 unspecified atom stereocenters. The molecule has 4 nitrogen and oxygen atoms in total. The van der Waals surface area contributed by atoms with Crippen LogP contribution < -0.4 is 4.90 Å². The van der Waals surface area contributed by atoms with Crippen LogP contribution in [0.5, 0.6) is 0 Å². The minimum absolute atomic E-state index is 0.419. The second-order valence-electron chi connectivity index (χ2n) is 4.75. The molecule has 2 rings (SSSR count). The topological polar surface area (TPSA) is 49.1 Å². The molecule has 0 bridgehead atoms. The first kappa shape index (κ1) is 12.8. The highest BCUT2D eigenvalue weighted by atomic mass is 16.5. The van der Waals surface area contributed by atoms with Crippen molar-refractivity contribution in [1.82, 2.24) is 4.98 Å². The molecule has 1 aliphatic rings. The van der Waals surface area contributed by atoms with E-state index in [-0.39, 0.29) is 0 Å². The summed E-state index contributed by atoms with van der Waals surface area (Å²) in [7, 11) is 1.70. The van der Waals surface area contributed by atoms with Crippen molar-refractivity contribution in [2.45, 2.75) is 25.8 Å². The fourth-order valence-corrected chi connectivity index (χ4v) is 2.24. The zero-order valence-electron chi connectivity index (χ0n) is 11.0. The smallest absolute Gasteiger partial charge is 0.146 e. The van der Waals surface area contributed by atoms with E-state index < -0.39 is 0 Å². The van der Waals surface area contributed by atoms with Gasteiger partial charge in [-0.05, 0) is 37.8 Å². The van der Waals surface area contributed by atoms with Gasteiger partial charge in [-0.2, -0.15) is 5.26 Å². The Morgan fingerprint density at radius 3 is 3.00 bits per heavy atom. The SMILES string of the molecule is COCCN(c1ncccc1C#N)C(C)C1CC1. The molecule has 4 heteroatoms. The number of ether oxygens (including phenoxy) is 1. The number of hydrogen-bond acceptors (Lipinski definition) is 4. The van der Waals surface area contributed by atoms with Gasteiger partial charge in [0.05, 0.1) is 12.2 Å². The van der Waals surface area contributed by atoms with Crippen molar-refractivity contribution in [2.24, 2.45) is 5.92 Å². The van der Waals surface area contributed by atoms with Crippen LogP contribution in [0.1, 0.15) is 25.3 Å². The molecule has 1 saturated carbocycles. The van der Waals surface area contributed by atoms with Crippen LogP contribution in [0.3, 0.4) is 0 Å². The monoisotopic (exact) mass is 245 g/mol. The van der Waals surface area contributed by atoms with Crippen LogP contribution in [0.2, 0.25) is 0 Å². The number of methoxy groups -OCH3 is 1. The van der Waals surface area contributed by atoms with Gasteiger partial charge in [-0.3, -0.25) is 0 Å². The summed E-state index contributed by atoms with van der Waals surface area (Å²) in [5.74, 6) is 1.52. The first-order chi connectivity index (χ1) is 8.77. The molecule has 18 heavy (non-hydrogen) atoms. The number of nitrogens with zero attached hydrogens (tertiary/aromatic N) is 3. The Bertz CT molecular complexity index is 437. The molecule has 1 aromatic heterocycles. The molecule has 1 fully saturated rings. The fourth-order valence-electron chi connectivity index (χ4n) is 2.24. The van der Waals surface area contributed by atoms with E-state index in [0.29, 0.717) is 18.2 Å². The molecule has 1 heterocycles. The third-order valence-corrected chi connectivity index (χ3v) is 3.51. The van der Waals surface area contributed by atoms with Gasteiger partial charge < -0.3 is 9.64 Å². The minimum Gasteiger partial charge on any atom is -0.383 e. The molecular weight excluding hydrogens is 226 g/mol. The average molecular weight is 245 g/mol. The summed E-state index contributed by atoms with van der Waals surface area (Å²) >= 11 is 0. The predicted molar refractivity (Wildman–Crippen MR) is 70.4 cm³/mol. The highest BCUT2D eigenvalue weighted by Gasteiger charge is 2.33. The number of pyridine rings is 1. The van der Waals surface area contributed by atoms with Crippen LogP contribution in [-0.4, -0.2) is 31.3 Å². The van der Waals surface area contributed by atoms with Crippen LogP contribution >= 0.6 is 0 Å². The van der Waals surface area contributed by atoms with Crippen molar-refractivity contribution in [3.63, 3.8) is 0 Å². The van der Waals surface area contributed by atoms with Crippen molar-refractivity contribution in [2.75, 3.05) is 25.2 Å². The van der Waals surface area contributed by atoms with Crippen LogP contribution in [0.4, 0.5) is 5.82 Å². The van der Waals surface area contributed by atoms with Crippen LogP contribution in [0, 0.1) is 17.2 Å². The molecule has 96 valence electrons. The van der Waals surface area contributed by atoms with E-state index in [1.807, 2.05) is 6.07 Å². The molecular formula is C14H19N3O. The number of hydrogen-bond donors (Lipinski definition) is 0. The lowest BCUT2D eigenvalue weighted by Gasteiger charge is -2.30. The molecule has 0 radical (unpaired) electrons. The van der Waals surface area contributed by atoms with Gasteiger partial charge in [-0.15, -0.1) is 0 Å². The van der Waals surface area contributed by atoms with Gasteiger partial charge in [-0.1, -0.05) is 0 Å². The molecule has 0 aromatic carbocycles. The van der Waals surface area contributed by atoms with Crippen molar-refractivity contribution in [3.8, 4) is 6.07 Å². The first-order valence-electron chi connectivity index (χ1n) is 6.38. The van der Waals surface area contributed by atoms with E-state index in [0.717, 1.165) is 18.3 Å². The summed E-state index contributed by atoms with van der Waals surface area (Å²) in [4.78, 5) is 6.59. The average Bonchev–Trinajstić information content (AvgIpc) is 3.23. The molecule has 0 N–H and O–H groups in total. The Balaban J connectivity index is 2.23. The summed E-state index contributed by atoms with van der Waals surface area (Å²) in [6, 6.07) is 6.27. The van der Waals surface area contributed by atoms with Crippen molar-refractivity contribution in [1.29, 1.82) is 5.26 Å². The van der Waals surface area contributed by atoms with Gasteiger partial charge in [-0.25, -0.2) is 4.98 Å². The Morgan fingerprint density at radius 1 is 1.61 bits per heavy atom. The Hall–Kier alpha value is -1.60. The quantitative estimate of drug-likeness (QED) is 0.771. The molecule has 1 aromatic rings. The summed E-state index contributed by atoms with van der Waals surface area (Å²) in [5.41, 5.74) is 0.640. The molecule has 0 amide bonds. The van der Waals surface area contributed by atoms with Crippen LogP contribution in [0.15, 0.2) is 18.3 Å². The summed E-state index contributed by atoms with van der Waals surface area (Å²) in [6.07, 6.45) is 4.30. The number of nitriles is 1. The van der Waals surface area contributed by atoms with E-state index in [4.69, 9.17) is 4.74 Å². The number of aromatic nitrogens is 1. The lowest BCUT2D eigenvalue weighted by molar-refractivity contribution is 0.202. The van der Waals surface area contributed by atoms with Crippen molar-refractivity contribution in [3.05, 3.63) is 23.9 Å². The van der Waals surface area contributed by atoms with E-state index in [2.05, 4.69) is 22.9 Å². The lowest BCUT2D eigenvalue weighted by atomic mass is 10.1. The number of anilines is 1. The normalized spacial score (nSPS) is 16.1. The highest BCUT2D eigenvalue weighted by molar-refractivity contribution is 5.54. The molecule has 0 spiro atoms. The molecule has 1 aliphatic carbocycles. The van der Waals surface area contributed by atoms with E-state index >= 15 is 0 Å². The summed E-state index contributed by atoms with van der Waals surface area (Å²) < 4.78 is 5.17. The largest absolute Gasteiger partial charge is 0.383 e. The van der Waals surface area contributed by atoms with Crippen LogP contribution in [0.25, 0.3) is 0 Å². The standard InChI is InChI=1S/C14H19N3O/c1-11(12-5-6-12)17(8-9-18-2)14-13(10-15)4-3-7-16-14/h3-4,7,11-12H,5-6,8-9H2,1-2H3. The van der Waals surface area contributed by atoms with E-state index in [9.17, 15) is 5.26 Å². The van der Waals surface area contributed by atoms with Crippen LogP contribution in [-0.2, 0) is 4.74 Å². The van der Waals surface area contributed by atoms with Gasteiger partial charge in [0.1, 0.15) is 11.9 Å². The highest BCUT2D eigenvalue weighted by Crippen LogP contribution is 2.36. The van der Waals surface area contributed by atoms with Crippen molar-refractivity contribution < 1.29 is 4.74 Å². The summed E-state index contributed by atoms with van der Waals surface area (Å²) in [6.45, 7) is 3.64. The van der Waals surface area contributed by atoms with Gasteiger partial charge >= 0.3 is 0 Å². The third-order valence-electron chi connectivity index (χ3n) is 3.51. The molecule has 0 saturated heterocycles. The molecule has 1 atom stereocenters. The Kier molecular flexibility index (Phi) is 4.16. The lowest BCUT2D eigenvalue weighted by Crippen LogP contribution is -2.38. The zero-order chi connectivity index (χ0) is 13.0. The second kappa shape index (κ2) is 5.83. The predicted octanol–water partition coefficient (Wildman–Crippen LogP) is 2.20. The van der Waals surface area contributed by atoms with Gasteiger partial charge in [0.15, 0.2) is 0 Å². The van der Waals surface area contributed by atoms with E-state index in [1.165, 1.54) is 12.8 Å². The van der Waals surface area contributed by atoms with E-state index in [1.54, 1.807) is 19.4 Å². The maximum Gasteiger partial charge on any atom is 0.146 e. The Labute approximate surface area is 108 Å². The Morgan fingerprint density at radius 2 is 2.39 bits per heavy atom. The maximum atomic E-state index is 9.18. The maximum absolute atomic E-state index is 9.18. The number of rotatable bonds is 6. The third kappa shape index (κ3) is 2.80. The minimum atomic E-state index is 0.419. The zero-order valence-corrected chi connectivity index (χ0v) is 11.0. The summed E-state index contributed by atoms with van der Waals surface area (Å²) in [5, 5.41) is 9.18. The van der Waals surface area contributed by atoms with Gasteiger partial charge in [0.2, 0.25) is 0 Å². The fraction of sp³-hybridized carbons (Fsp3) is 0.571. The van der Waals surface area contributed by atoms with Gasteiger partial charge in [0, 0.05) is 25.9 Å². The first-order valence-corrected chi connectivity index (χ1v) is 6.38. The molecule has 0 aliphatic heterocycles. The van der Waals surface area contributed by atoms with Gasteiger partial charge in [0.25, 0.3) is 0 Å². The van der Waals surface area contributed by atoms with Crippen molar-refractivity contribution >= 4 is 5.82 Å².